The maximum Gasteiger partial charge on any atom is 0.274 e. The van der Waals surface area contributed by atoms with Gasteiger partial charge >= 0.3 is 0 Å². The van der Waals surface area contributed by atoms with Crippen LogP contribution in [0.15, 0.2) is 24.3 Å². The molecule has 2 saturated heterocycles. The fourth-order valence-electron chi connectivity index (χ4n) is 5.52. The van der Waals surface area contributed by atoms with Crippen molar-refractivity contribution < 1.29 is 23.8 Å². The van der Waals surface area contributed by atoms with Crippen molar-refractivity contribution in [2.24, 2.45) is 0 Å². The Morgan fingerprint density at radius 1 is 1.08 bits per heavy atom. The second-order valence-corrected chi connectivity index (χ2v) is 10.2. The maximum atomic E-state index is 14.1. The highest BCUT2D eigenvalue weighted by molar-refractivity contribution is 5.94. The van der Waals surface area contributed by atoms with Crippen molar-refractivity contribution in [1.29, 1.82) is 0 Å². The summed E-state index contributed by atoms with van der Waals surface area (Å²) in [7, 11) is 0. The van der Waals surface area contributed by atoms with Gasteiger partial charge in [0.2, 0.25) is 5.91 Å². The van der Waals surface area contributed by atoms with E-state index >= 15 is 0 Å². The SMILES string of the molecule is Cc1ccccc1OC1CCN(C(=O)Cn2nc(C(=O)N3CC[C@H](O)[C@H](F)C3)c3c2CCCC3)CC1. The topological polar surface area (TPSA) is 87.9 Å². The lowest BCUT2D eigenvalue weighted by molar-refractivity contribution is -0.133. The first-order valence-electron chi connectivity index (χ1n) is 13.1. The number of rotatable bonds is 5. The van der Waals surface area contributed by atoms with Crippen LogP contribution in [0.4, 0.5) is 4.39 Å². The zero-order chi connectivity index (χ0) is 25.2. The minimum Gasteiger partial charge on any atom is -0.490 e. The third-order valence-electron chi connectivity index (χ3n) is 7.72. The number of piperidine rings is 2. The number of aliphatic hydroxyl groups is 1. The van der Waals surface area contributed by atoms with E-state index < -0.39 is 12.3 Å². The molecule has 194 valence electrons. The number of halogens is 1. The van der Waals surface area contributed by atoms with Gasteiger partial charge in [-0.05, 0) is 50.7 Å². The van der Waals surface area contributed by atoms with Gasteiger partial charge in [0.25, 0.3) is 5.91 Å². The minimum atomic E-state index is -1.44. The molecule has 1 aliphatic carbocycles. The van der Waals surface area contributed by atoms with Crippen LogP contribution in [0.5, 0.6) is 5.75 Å². The van der Waals surface area contributed by atoms with Crippen LogP contribution in [0.3, 0.4) is 0 Å². The number of amides is 2. The molecule has 3 aliphatic rings. The molecule has 0 unspecified atom stereocenters. The molecule has 0 saturated carbocycles. The molecular weight excluding hydrogens is 463 g/mol. The minimum absolute atomic E-state index is 0.0101. The molecule has 2 fully saturated rings. The van der Waals surface area contributed by atoms with Crippen molar-refractivity contribution in [2.45, 2.75) is 76.8 Å². The van der Waals surface area contributed by atoms with Gasteiger partial charge in [0.15, 0.2) is 5.69 Å². The Labute approximate surface area is 211 Å². The fraction of sp³-hybridized carbons (Fsp3) is 0.593. The molecule has 2 aliphatic heterocycles. The molecule has 5 rings (SSSR count). The summed E-state index contributed by atoms with van der Waals surface area (Å²) in [5.74, 6) is 0.581. The summed E-state index contributed by atoms with van der Waals surface area (Å²) in [6, 6.07) is 7.97. The van der Waals surface area contributed by atoms with Gasteiger partial charge in [-0.25, -0.2) is 4.39 Å². The first-order chi connectivity index (χ1) is 17.4. The highest BCUT2D eigenvalue weighted by Gasteiger charge is 2.34. The molecule has 0 spiro atoms. The second-order valence-electron chi connectivity index (χ2n) is 10.2. The summed E-state index contributed by atoms with van der Waals surface area (Å²) in [6.45, 7) is 3.56. The van der Waals surface area contributed by atoms with E-state index in [9.17, 15) is 19.1 Å². The highest BCUT2D eigenvalue weighted by atomic mass is 19.1. The van der Waals surface area contributed by atoms with Crippen LogP contribution in [-0.4, -0.2) is 81.1 Å². The molecule has 1 aromatic carbocycles. The van der Waals surface area contributed by atoms with E-state index in [4.69, 9.17) is 4.74 Å². The van der Waals surface area contributed by atoms with Gasteiger partial charge < -0.3 is 19.6 Å². The van der Waals surface area contributed by atoms with Crippen LogP contribution >= 0.6 is 0 Å². The summed E-state index contributed by atoms with van der Waals surface area (Å²) < 4.78 is 21.9. The zero-order valence-electron chi connectivity index (χ0n) is 20.9. The van der Waals surface area contributed by atoms with Crippen molar-refractivity contribution in [3.8, 4) is 5.75 Å². The van der Waals surface area contributed by atoms with E-state index in [0.717, 1.165) is 61.1 Å². The number of aliphatic hydroxyl groups excluding tert-OH is 1. The van der Waals surface area contributed by atoms with Gasteiger partial charge in [-0.1, -0.05) is 18.2 Å². The Morgan fingerprint density at radius 3 is 2.56 bits per heavy atom. The van der Waals surface area contributed by atoms with Crippen LogP contribution in [0.2, 0.25) is 0 Å². The Kier molecular flexibility index (Phi) is 7.27. The monoisotopic (exact) mass is 498 g/mol. The number of carbonyl (C=O) groups excluding carboxylic acids is 2. The number of hydrogen-bond donors (Lipinski definition) is 1. The lowest BCUT2D eigenvalue weighted by atomic mass is 9.95. The van der Waals surface area contributed by atoms with E-state index in [1.165, 1.54) is 4.90 Å². The van der Waals surface area contributed by atoms with Crippen molar-refractivity contribution in [2.75, 3.05) is 26.2 Å². The molecule has 8 nitrogen and oxygen atoms in total. The fourth-order valence-corrected chi connectivity index (χ4v) is 5.52. The average molecular weight is 499 g/mol. The molecule has 3 heterocycles. The highest BCUT2D eigenvalue weighted by Crippen LogP contribution is 2.27. The number of benzene rings is 1. The third-order valence-corrected chi connectivity index (χ3v) is 7.72. The van der Waals surface area contributed by atoms with Gasteiger partial charge in [0.1, 0.15) is 24.6 Å². The summed E-state index contributed by atoms with van der Waals surface area (Å²) in [5.41, 5.74) is 3.29. The largest absolute Gasteiger partial charge is 0.490 e. The van der Waals surface area contributed by atoms with Crippen LogP contribution in [0.25, 0.3) is 0 Å². The molecular formula is C27H35FN4O4. The molecule has 2 amide bonds. The van der Waals surface area contributed by atoms with E-state index in [0.29, 0.717) is 25.3 Å². The number of para-hydroxylation sites is 1. The zero-order valence-corrected chi connectivity index (χ0v) is 20.9. The maximum absolute atomic E-state index is 14.1. The van der Waals surface area contributed by atoms with Gasteiger partial charge in [0, 0.05) is 43.7 Å². The number of alkyl halides is 1. The summed E-state index contributed by atoms with van der Waals surface area (Å²) in [6.07, 6.45) is 2.84. The van der Waals surface area contributed by atoms with Crippen LogP contribution < -0.4 is 4.74 Å². The molecule has 1 aromatic heterocycles. The number of ether oxygens (including phenoxy) is 1. The van der Waals surface area contributed by atoms with Crippen molar-refractivity contribution in [3.05, 3.63) is 46.8 Å². The molecule has 0 bridgehead atoms. The third kappa shape index (κ3) is 5.12. The molecule has 1 N–H and O–H groups in total. The smallest absolute Gasteiger partial charge is 0.274 e. The number of aromatic nitrogens is 2. The molecule has 36 heavy (non-hydrogen) atoms. The second kappa shape index (κ2) is 10.6. The average Bonchev–Trinajstić information content (AvgIpc) is 3.25. The van der Waals surface area contributed by atoms with E-state index in [-0.39, 0.29) is 37.4 Å². The summed E-state index contributed by atoms with van der Waals surface area (Å²) >= 11 is 0. The van der Waals surface area contributed by atoms with Gasteiger partial charge in [-0.15, -0.1) is 0 Å². The lowest BCUT2D eigenvalue weighted by Gasteiger charge is -2.32. The number of nitrogens with zero attached hydrogens (tertiary/aromatic N) is 4. The first-order valence-corrected chi connectivity index (χ1v) is 13.1. The van der Waals surface area contributed by atoms with E-state index in [2.05, 4.69) is 5.10 Å². The quantitative estimate of drug-likeness (QED) is 0.685. The Hall–Kier alpha value is -2.94. The normalized spacial score (nSPS) is 22.9. The van der Waals surface area contributed by atoms with Gasteiger partial charge in [0.05, 0.1) is 12.6 Å². The van der Waals surface area contributed by atoms with Crippen LogP contribution in [0, 0.1) is 6.92 Å². The Bertz CT molecular complexity index is 1110. The number of carbonyl (C=O) groups is 2. The van der Waals surface area contributed by atoms with Crippen molar-refractivity contribution in [1.82, 2.24) is 19.6 Å². The standard InChI is InChI=1S/C27H35FN4O4/c1-18-6-2-5-9-24(18)36-19-10-13-30(14-11-19)25(34)17-32-22-8-4-3-7-20(22)26(29-32)27(35)31-15-12-23(33)21(28)16-31/h2,5-6,9,19,21,23,33H,3-4,7-8,10-17H2,1H3/t21-,23+/m1/s1. The Morgan fingerprint density at radius 2 is 1.81 bits per heavy atom. The summed E-state index contributed by atoms with van der Waals surface area (Å²) in [5, 5.41) is 14.3. The summed E-state index contributed by atoms with van der Waals surface area (Å²) in [4.78, 5) is 29.7. The van der Waals surface area contributed by atoms with E-state index in [1.54, 1.807) is 4.68 Å². The van der Waals surface area contributed by atoms with Gasteiger partial charge in [-0.2, -0.15) is 5.10 Å². The lowest BCUT2D eigenvalue weighted by Crippen LogP contribution is -2.47. The first kappa shape index (κ1) is 24.7. The molecule has 2 aromatic rings. The molecule has 9 heteroatoms. The number of fused-ring (bicyclic) bond motifs is 1. The number of hydrogen-bond acceptors (Lipinski definition) is 5. The number of likely N-dealkylation sites (tertiary alicyclic amines) is 2. The predicted molar refractivity (Wildman–Crippen MR) is 132 cm³/mol. The predicted octanol–water partition coefficient (Wildman–Crippen LogP) is 2.69. The Balaban J connectivity index is 1.23. The van der Waals surface area contributed by atoms with Crippen LogP contribution in [-0.2, 0) is 24.2 Å². The van der Waals surface area contributed by atoms with Gasteiger partial charge in [-0.3, -0.25) is 14.3 Å². The van der Waals surface area contributed by atoms with Crippen LogP contribution in [0.1, 0.15) is 59.4 Å². The van der Waals surface area contributed by atoms with E-state index in [1.807, 2.05) is 36.1 Å². The number of aryl methyl sites for hydroxylation is 1. The van der Waals surface area contributed by atoms with Crippen molar-refractivity contribution >= 4 is 11.8 Å². The molecule has 2 atom stereocenters. The van der Waals surface area contributed by atoms with Crippen molar-refractivity contribution in [3.63, 3.8) is 0 Å². The molecule has 0 radical (unpaired) electrons.